The molecule has 3 heterocycles. The number of hydrogen-bond acceptors (Lipinski definition) is 7. The van der Waals surface area contributed by atoms with Gasteiger partial charge in [-0.2, -0.15) is 4.98 Å². The van der Waals surface area contributed by atoms with Gasteiger partial charge in [0.05, 0.1) is 30.3 Å². The summed E-state index contributed by atoms with van der Waals surface area (Å²) in [6.07, 6.45) is 4.59. The van der Waals surface area contributed by atoms with Crippen LogP contribution in [-0.4, -0.2) is 20.2 Å². The van der Waals surface area contributed by atoms with Crippen LogP contribution >= 0.6 is 0 Å². The van der Waals surface area contributed by atoms with Crippen LogP contribution in [0, 0.1) is 0 Å². The third kappa shape index (κ3) is 2.67. The van der Waals surface area contributed by atoms with E-state index in [2.05, 4.69) is 15.1 Å². The van der Waals surface area contributed by atoms with Crippen molar-refractivity contribution >= 4 is 0 Å². The van der Waals surface area contributed by atoms with Gasteiger partial charge in [-0.1, -0.05) is 5.16 Å². The molecule has 7 heteroatoms. The number of nitrogens with zero attached hydrogens (tertiary/aromatic N) is 3. The summed E-state index contributed by atoms with van der Waals surface area (Å²) in [6.45, 7) is 0.0701. The summed E-state index contributed by atoms with van der Waals surface area (Å²) in [7, 11) is 0. The van der Waals surface area contributed by atoms with Gasteiger partial charge in [0.2, 0.25) is 5.82 Å². The van der Waals surface area contributed by atoms with Gasteiger partial charge >= 0.3 is 0 Å². The predicted molar refractivity (Wildman–Crippen MR) is 66.5 cm³/mol. The van der Waals surface area contributed by atoms with E-state index in [9.17, 15) is 0 Å². The summed E-state index contributed by atoms with van der Waals surface area (Å²) in [5, 5.41) is 12.7. The maximum absolute atomic E-state index is 8.89. The Labute approximate surface area is 113 Å². The Morgan fingerprint density at radius 2 is 2.20 bits per heavy atom. The molecule has 0 aromatic carbocycles. The smallest absolute Gasteiger partial charge is 0.261 e. The Morgan fingerprint density at radius 1 is 1.25 bits per heavy atom. The number of rotatable bonds is 5. The summed E-state index contributed by atoms with van der Waals surface area (Å²) in [4.78, 5) is 8.18. The number of furan rings is 1. The van der Waals surface area contributed by atoms with Crippen molar-refractivity contribution in [1.29, 1.82) is 0 Å². The second-order valence-electron chi connectivity index (χ2n) is 3.96. The van der Waals surface area contributed by atoms with Crippen molar-refractivity contribution in [2.24, 2.45) is 0 Å². The number of aliphatic hydroxyl groups excluding tert-OH is 1. The van der Waals surface area contributed by atoms with Crippen molar-refractivity contribution in [3.63, 3.8) is 0 Å². The Kier molecular flexibility index (Phi) is 3.42. The molecule has 3 rings (SSSR count). The van der Waals surface area contributed by atoms with Crippen LogP contribution in [0.1, 0.15) is 11.5 Å². The van der Waals surface area contributed by atoms with Gasteiger partial charge < -0.3 is 18.8 Å². The first-order valence-corrected chi connectivity index (χ1v) is 5.89. The van der Waals surface area contributed by atoms with Crippen molar-refractivity contribution in [3.8, 4) is 17.2 Å². The largest absolute Gasteiger partial charge is 0.484 e. The monoisotopic (exact) mass is 273 g/mol. The van der Waals surface area contributed by atoms with Crippen LogP contribution in [0.25, 0.3) is 11.5 Å². The van der Waals surface area contributed by atoms with Crippen LogP contribution in [0.5, 0.6) is 5.75 Å². The lowest BCUT2D eigenvalue weighted by molar-refractivity contribution is 0.273. The first-order valence-electron chi connectivity index (χ1n) is 5.89. The lowest BCUT2D eigenvalue weighted by Crippen LogP contribution is -1.98. The molecular weight excluding hydrogens is 262 g/mol. The summed E-state index contributed by atoms with van der Waals surface area (Å²) >= 11 is 0. The van der Waals surface area contributed by atoms with E-state index in [1.54, 1.807) is 18.2 Å². The van der Waals surface area contributed by atoms with Gasteiger partial charge in [-0.15, -0.1) is 0 Å². The van der Waals surface area contributed by atoms with Crippen LogP contribution in [0.3, 0.4) is 0 Å². The lowest BCUT2D eigenvalue weighted by atomic mass is 10.3. The fourth-order valence-electron chi connectivity index (χ4n) is 1.55. The molecule has 0 bridgehead atoms. The molecule has 0 spiro atoms. The molecule has 7 nitrogen and oxygen atoms in total. The van der Waals surface area contributed by atoms with Gasteiger partial charge in [-0.25, -0.2) is 0 Å². The summed E-state index contributed by atoms with van der Waals surface area (Å²) in [6, 6.07) is 5.13. The molecule has 102 valence electrons. The van der Waals surface area contributed by atoms with E-state index < -0.39 is 0 Å². The highest BCUT2D eigenvalue weighted by Crippen LogP contribution is 2.18. The molecule has 0 amide bonds. The molecule has 0 fully saturated rings. The number of hydrogen-bond donors (Lipinski definition) is 1. The first kappa shape index (κ1) is 12.4. The number of aliphatic hydroxyl groups is 1. The molecule has 3 aromatic heterocycles. The predicted octanol–water partition coefficient (Wildman–Crippen LogP) is 1.80. The molecule has 0 unspecified atom stereocenters. The Hall–Kier alpha value is -2.67. The molecule has 0 atom stereocenters. The summed E-state index contributed by atoms with van der Waals surface area (Å²) < 4.78 is 15.5. The standard InChI is InChI=1S/C13H11N3O4/c17-6-10-1-2-11(5-14-10)19-8-12-15-13(20-16-12)9-3-4-18-7-9/h1-5,7,17H,6,8H2. The fraction of sp³-hybridized carbons (Fsp3) is 0.154. The third-order valence-corrected chi connectivity index (χ3v) is 2.56. The third-order valence-electron chi connectivity index (χ3n) is 2.56. The van der Waals surface area contributed by atoms with Gasteiger partial charge in [-0.3, -0.25) is 4.98 Å². The molecule has 1 N–H and O–H groups in total. The minimum absolute atomic E-state index is 0.0980. The van der Waals surface area contributed by atoms with Crippen LogP contribution in [0.2, 0.25) is 0 Å². The molecule has 0 aliphatic rings. The summed E-state index contributed by atoms with van der Waals surface area (Å²) in [5.74, 6) is 1.37. The first-order chi connectivity index (χ1) is 9.85. The minimum Gasteiger partial charge on any atom is -0.484 e. The van der Waals surface area contributed by atoms with Crippen LogP contribution < -0.4 is 4.74 Å². The Bertz CT molecular complexity index is 661. The zero-order chi connectivity index (χ0) is 13.8. The molecule has 20 heavy (non-hydrogen) atoms. The Morgan fingerprint density at radius 3 is 2.90 bits per heavy atom. The maximum atomic E-state index is 8.89. The lowest BCUT2D eigenvalue weighted by Gasteiger charge is -2.02. The van der Waals surface area contributed by atoms with Crippen molar-refractivity contribution in [3.05, 3.63) is 48.4 Å². The average molecular weight is 273 g/mol. The number of pyridine rings is 1. The normalized spacial score (nSPS) is 10.7. The zero-order valence-electron chi connectivity index (χ0n) is 10.4. The molecule has 0 aliphatic heterocycles. The highest BCUT2D eigenvalue weighted by atomic mass is 16.5. The molecule has 0 saturated heterocycles. The second kappa shape index (κ2) is 5.54. The van der Waals surface area contributed by atoms with Crippen LogP contribution in [-0.2, 0) is 13.2 Å². The van der Waals surface area contributed by atoms with E-state index in [0.29, 0.717) is 23.2 Å². The van der Waals surface area contributed by atoms with E-state index in [1.165, 1.54) is 18.7 Å². The van der Waals surface area contributed by atoms with Gasteiger partial charge in [0.1, 0.15) is 12.0 Å². The quantitative estimate of drug-likeness (QED) is 0.757. The van der Waals surface area contributed by atoms with Crippen molar-refractivity contribution < 1.29 is 18.8 Å². The molecule has 3 aromatic rings. The highest BCUT2D eigenvalue weighted by Gasteiger charge is 2.10. The SMILES string of the molecule is OCc1ccc(OCc2noc(-c3ccoc3)n2)cn1. The van der Waals surface area contributed by atoms with E-state index in [1.807, 2.05) is 0 Å². The van der Waals surface area contributed by atoms with E-state index in [4.69, 9.17) is 18.8 Å². The summed E-state index contributed by atoms with van der Waals surface area (Å²) in [5.41, 5.74) is 1.30. The molecule has 0 aliphatic carbocycles. The van der Waals surface area contributed by atoms with Gasteiger partial charge in [-0.05, 0) is 18.2 Å². The number of ether oxygens (including phenoxy) is 1. The highest BCUT2D eigenvalue weighted by molar-refractivity contribution is 5.49. The zero-order valence-corrected chi connectivity index (χ0v) is 10.4. The topological polar surface area (TPSA) is 94.4 Å². The Balaban J connectivity index is 1.63. The van der Waals surface area contributed by atoms with E-state index >= 15 is 0 Å². The molecule has 0 saturated carbocycles. The fourth-order valence-corrected chi connectivity index (χ4v) is 1.55. The van der Waals surface area contributed by atoms with Gasteiger partial charge in [0.15, 0.2) is 6.61 Å². The van der Waals surface area contributed by atoms with E-state index in [-0.39, 0.29) is 13.2 Å². The molecule has 0 radical (unpaired) electrons. The van der Waals surface area contributed by atoms with Crippen LogP contribution in [0.15, 0.2) is 45.9 Å². The van der Waals surface area contributed by atoms with Gasteiger partial charge in [0, 0.05) is 0 Å². The minimum atomic E-state index is -0.0980. The average Bonchev–Trinajstić information content (AvgIpc) is 3.16. The van der Waals surface area contributed by atoms with Crippen LogP contribution in [0.4, 0.5) is 0 Å². The molecular formula is C13H11N3O4. The van der Waals surface area contributed by atoms with E-state index in [0.717, 1.165) is 5.56 Å². The maximum Gasteiger partial charge on any atom is 0.261 e. The van der Waals surface area contributed by atoms with Gasteiger partial charge in [0.25, 0.3) is 5.89 Å². The van der Waals surface area contributed by atoms with Crippen molar-refractivity contribution in [2.75, 3.05) is 0 Å². The second-order valence-corrected chi connectivity index (χ2v) is 3.96. The van der Waals surface area contributed by atoms with Crippen molar-refractivity contribution in [2.45, 2.75) is 13.2 Å². The number of aromatic nitrogens is 3. The van der Waals surface area contributed by atoms with Crippen molar-refractivity contribution in [1.82, 2.24) is 15.1 Å².